The summed E-state index contributed by atoms with van der Waals surface area (Å²) in [6, 6.07) is 11.2. The number of H-pyrrole nitrogens is 1. The summed E-state index contributed by atoms with van der Waals surface area (Å²) in [4.78, 5) is 16.3. The van der Waals surface area contributed by atoms with E-state index in [2.05, 4.69) is 15.2 Å². The number of rotatable bonds is 3. The first-order valence-corrected chi connectivity index (χ1v) is 5.69. The Morgan fingerprint density at radius 3 is 2.83 bits per heavy atom. The molecular formula is C14H11N3O. The van der Waals surface area contributed by atoms with Crippen LogP contribution in [0.3, 0.4) is 0 Å². The summed E-state index contributed by atoms with van der Waals surface area (Å²) in [5.74, 6) is 0.0938. The van der Waals surface area contributed by atoms with Crippen LogP contribution in [0.2, 0.25) is 0 Å². The van der Waals surface area contributed by atoms with Gasteiger partial charge in [-0.25, -0.2) is 0 Å². The molecule has 0 aliphatic heterocycles. The van der Waals surface area contributed by atoms with E-state index in [0.29, 0.717) is 6.42 Å². The maximum Gasteiger partial charge on any atom is 0.167 e. The monoisotopic (exact) mass is 237 g/mol. The third kappa shape index (κ3) is 2.00. The van der Waals surface area contributed by atoms with Gasteiger partial charge in [-0.15, -0.1) is 0 Å². The smallest absolute Gasteiger partial charge is 0.167 e. The molecule has 2 heterocycles. The Bertz CT molecular complexity index is 688. The number of carbonyl (C=O) groups is 1. The molecule has 0 saturated carbocycles. The molecule has 0 saturated heterocycles. The first kappa shape index (κ1) is 10.7. The number of aromatic amines is 1. The van der Waals surface area contributed by atoms with Gasteiger partial charge in [-0.05, 0) is 11.6 Å². The average Bonchev–Trinajstić information content (AvgIpc) is 2.87. The first-order chi connectivity index (χ1) is 8.83. The fourth-order valence-corrected chi connectivity index (χ4v) is 1.88. The van der Waals surface area contributed by atoms with E-state index in [-0.39, 0.29) is 5.78 Å². The van der Waals surface area contributed by atoms with Crippen LogP contribution >= 0.6 is 0 Å². The van der Waals surface area contributed by atoms with E-state index < -0.39 is 0 Å². The molecule has 18 heavy (non-hydrogen) atoms. The Morgan fingerprint density at radius 1 is 1.17 bits per heavy atom. The van der Waals surface area contributed by atoms with Crippen LogP contribution in [-0.2, 0) is 6.42 Å². The first-order valence-electron chi connectivity index (χ1n) is 5.69. The zero-order valence-electron chi connectivity index (χ0n) is 9.63. The van der Waals surface area contributed by atoms with Crippen molar-refractivity contribution in [3.05, 3.63) is 59.9 Å². The highest BCUT2D eigenvalue weighted by Gasteiger charge is 2.07. The second-order valence-electron chi connectivity index (χ2n) is 4.11. The van der Waals surface area contributed by atoms with Gasteiger partial charge in [-0.3, -0.25) is 14.9 Å². The van der Waals surface area contributed by atoms with E-state index in [9.17, 15) is 4.79 Å². The fraction of sp³-hybridized carbons (Fsp3) is 0.0714. The van der Waals surface area contributed by atoms with Crippen LogP contribution in [0.15, 0.2) is 48.8 Å². The van der Waals surface area contributed by atoms with Gasteiger partial charge in [0.15, 0.2) is 5.78 Å². The molecule has 0 bridgehead atoms. The minimum Gasteiger partial charge on any atom is -0.294 e. The maximum absolute atomic E-state index is 12.0. The number of ketones is 1. The van der Waals surface area contributed by atoms with Crippen LogP contribution in [0, 0.1) is 0 Å². The Hall–Kier alpha value is -2.49. The molecule has 0 radical (unpaired) electrons. The van der Waals surface area contributed by atoms with Gasteiger partial charge in [-0.1, -0.05) is 30.3 Å². The molecule has 1 aromatic carbocycles. The van der Waals surface area contributed by atoms with Gasteiger partial charge in [0.25, 0.3) is 0 Å². The van der Waals surface area contributed by atoms with Gasteiger partial charge in [-0.2, -0.15) is 5.10 Å². The van der Waals surface area contributed by atoms with Crippen molar-refractivity contribution in [3.63, 3.8) is 0 Å². The van der Waals surface area contributed by atoms with Crippen molar-refractivity contribution in [1.82, 2.24) is 15.2 Å². The minimum absolute atomic E-state index is 0.0938. The highest BCUT2D eigenvalue weighted by atomic mass is 16.1. The average molecular weight is 237 g/mol. The van der Waals surface area contributed by atoms with Crippen molar-refractivity contribution in [2.24, 2.45) is 0 Å². The summed E-state index contributed by atoms with van der Waals surface area (Å²) in [5.41, 5.74) is 3.28. The Morgan fingerprint density at radius 2 is 2.00 bits per heavy atom. The fourth-order valence-electron chi connectivity index (χ4n) is 1.88. The van der Waals surface area contributed by atoms with Crippen LogP contribution in [0.25, 0.3) is 11.0 Å². The number of hydrogen-bond donors (Lipinski definition) is 1. The van der Waals surface area contributed by atoms with E-state index in [4.69, 9.17) is 0 Å². The van der Waals surface area contributed by atoms with Crippen molar-refractivity contribution < 1.29 is 4.79 Å². The normalized spacial score (nSPS) is 10.7. The molecule has 3 aromatic rings. The quantitative estimate of drug-likeness (QED) is 0.711. The minimum atomic E-state index is 0.0938. The summed E-state index contributed by atoms with van der Waals surface area (Å²) in [7, 11) is 0. The van der Waals surface area contributed by atoms with E-state index >= 15 is 0 Å². The number of nitrogens with one attached hydrogen (secondary N) is 1. The number of pyridine rings is 1. The second-order valence-corrected chi connectivity index (χ2v) is 4.11. The zero-order valence-corrected chi connectivity index (χ0v) is 9.63. The van der Waals surface area contributed by atoms with Crippen molar-refractivity contribution in [3.8, 4) is 0 Å². The summed E-state index contributed by atoms with van der Waals surface area (Å²) in [5, 5.41) is 6.76. The van der Waals surface area contributed by atoms with Gasteiger partial charge in [0.2, 0.25) is 0 Å². The standard InChI is InChI=1S/C14H11N3O/c18-14(11-4-2-1-3-5-11)7-10-6-12-13(15-8-10)9-16-17-12/h1-6,8-9H,7H2,(H,16,17). The Kier molecular flexibility index (Phi) is 2.61. The molecule has 0 fully saturated rings. The van der Waals surface area contributed by atoms with E-state index in [0.717, 1.165) is 22.2 Å². The lowest BCUT2D eigenvalue weighted by atomic mass is 10.0. The molecule has 2 aromatic heterocycles. The predicted octanol–water partition coefficient (Wildman–Crippen LogP) is 2.38. The molecule has 0 amide bonds. The number of Topliss-reactive ketones (excluding diaryl/α,β-unsaturated/α-hetero) is 1. The SMILES string of the molecule is O=C(Cc1cnc2cn[nH]c2c1)c1ccccc1. The van der Waals surface area contributed by atoms with Gasteiger partial charge < -0.3 is 0 Å². The Labute approximate surface area is 104 Å². The Balaban J connectivity index is 1.86. The third-order valence-corrected chi connectivity index (χ3v) is 2.81. The molecule has 3 rings (SSSR count). The number of benzene rings is 1. The molecule has 0 atom stereocenters. The lowest BCUT2D eigenvalue weighted by molar-refractivity contribution is 0.0993. The highest BCUT2D eigenvalue weighted by Crippen LogP contribution is 2.12. The van der Waals surface area contributed by atoms with Crippen LogP contribution in [0.1, 0.15) is 15.9 Å². The van der Waals surface area contributed by atoms with Gasteiger partial charge in [0.1, 0.15) is 5.52 Å². The molecule has 0 aliphatic carbocycles. The largest absolute Gasteiger partial charge is 0.294 e. The van der Waals surface area contributed by atoms with Crippen molar-refractivity contribution in [2.75, 3.05) is 0 Å². The van der Waals surface area contributed by atoms with E-state index in [1.807, 2.05) is 36.4 Å². The number of hydrogen-bond acceptors (Lipinski definition) is 3. The van der Waals surface area contributed by atoms with Crippen LogP contribution in [0.4, 0.5) is 0 Å². The van der Waals surface area contributed by atoms with Gasteiger partial charge >= 0.3 is 0 Å². The summed E-state index contributed by atoms with van der Waals surface area (Å²) < 4.78 is 0. The number of carbonyl (C=O) groups excluding carboxylic acids is 1. The van der Waals surface area contributed by atoms with Crippen molar-refractivity contribution in [1.29, 1.82) is 0 Å². The molecule has 0 unspecified atom stereocenters. The molecule has 0 spiro atoms. The summed E-state index contributed by atoms with van der Waals surface area (Å²) in [6.45, 7) is 0. The molecular weight excluding hydrogens is 226 g/mol. The van der Waals surface area contributed by atoms with Gasteiger partial charge in [0, 0.05) is 18.2 Å². The van der Waals surface area contributed by atoms with E-state index in [1.54, 1.807) is 12.4 Å². The topological polar surface area (TPSA) is 58.6 Å². The summed E-state index contributed by atoms with van der Waals surface area (Å²) >= 11 is 0. The second kappa shape index (κ2) is 4.41. The predicted molar refractivity (Wildman–Crippen MR) is 68.4 cm³/mol. The zero-order chi connectivity index (χ0) is 12.4. The lowest BCUT2D eigenvalue weighted by Gasteiger charge is -2.01. The van der Waals surface area contributed by atoms with Crippen LogP contribution in [0.5, 0.6) is 0 Å². The molecule has 88 valence electrons. The maximum atomic E-state index is 12.0. The van der Waals surface area contributed by atoms with Crippen LogP contribution < -0.4 is 0 Å². The molecule has 0 aliphatic rings. The van der Waals surface area contributed by atoms with E-state index in [1.165, 1.54) is 0 Å². The third-order valence-electron chi connectivity index (χ3n) is 2.81. The number of aromatic nitrogens is 3. The van der Waals surface area contributed by atoms with Crippen LogP contribution in [-0.4, -0.2) is 21.0 Å². The lowest BCUT2D eigenvalue weighted by Crippen LogP contribution is -2.03. The number of fused-ring (bicyclic) bond motifs is 1. The molecule has 4 nitrogen and oxygen atoms in total. The van der Waals surface area contributed by atoms with Crippen molar-refractivity contribution in [2.45, 2.75) is 6.42 Å². The summed E-state index contributed by atoms with van der Waals surface area (Å²) in [6.07, 6.45) is 3.74. The highest BCUT2D eigenvalue weighted by molar-refractivity contribution is 5.97. The van der Waals surface area contributed by atoms with Crippen molar-refractivity contribution >= 4 is 16.8 Å². The molecule has 4 heteroatoms. The van der Waals surface area contributed by atoms with Gasteiger partial charge in [0.05, 0.1) is 11.7 Å². The molecule has 1 N–H and O–H groups in total. The number of nitrogens with zero attached hydrogens (tertiary/aromatic N) is 2.